The molecule has 0 aromatic carbocycles. The van der Waals surface area contributed by atoms with Gasteiger partial charge < -0.3 is 14.9 Å². The molecule has 1 aromatic heterocycles. The van der Waals surface area contributed by atoms with E-state index in [-0.39, 0.29) is 6.61 Å². The fourth-order valence-electron chi connectivity index (χ4n) is 2.47. The third-order valence-electron chi connectivity index (χ3n) is 3.40. The van der Waals surface area contributed by atoms with Gasteiger partial charge in [0.15, 0.2) is 5.82 Å². The molecule has 2 N–H and O–H groups in total. The lowest BCUT2D eigenvalue weighted by Gasteiger charge is -2.23. The van der Waals surface area contributed by atoms with Crippen molar-refractivity contribution in [3.8, 4) is 0 Å². The van der Waals surface area contributed by atoms with E-state index >= 15 is 0 Å². The van der Waals surface area contributed by atoms with Crippen LogP contribution in [-0.2, 0) is 13.0 Å². The zero-order chi connectivity index (χ0) is 13.5. The second-order valence-electron chi connectivity index (χ2n) is 5.11. The number of nitrogens with zero attached hydrogens (tertiary/aromatic N) is 3. The summed E-state index contributed by atoms with van der Waals surface area (Å²) < 4.78 is 5.25. The van der Waals surface area contributed by atoms with Crippen LogP contribution in [0.5, 0.6) is 0 Å². The van der Waals surface area contributed by atoms with E-state index in [1.54, 1.807) is 0 Å². The van der Waals surface area contributed by atoms with Gasteiger partial charge in [-0.15, -0.1) is 0 Å². The van der Waals surface area contributed by atoms with Crippen molar-refractivity contribution in [3.05, 3.63) is 11.7 Å². The molecule has 19 heavy (non-hydrogen) atoms. The standard InChI is InChI=1S/C13H24N4O2/c1-2-4-12-15-13(19-16-12)10-17(7-8-18)9-11-5-3-6-14-11/h11,14,18H,2-10H2,1H3. The topological polar surface area (TPSA) is 74.4 Å². The molecule has 108 valence electrons. The van der Waals surface area contributed by atoms with Crippen molar-refractivity contribution in [3.63, 3.8) is 0 Å². The maximum absolute atomic E-state index is 9.15. The van der Waals surface area contributed by atoms with Crippen LogP contribution in [0.3, 0.4) is 0 Å². The number of nitrogens with one attached hydrogen (secondary N) is 1. The largest absolute Gasteiger partial charge is 0.395 e. The highest BCUT2D eigenvalue weighted by molar-refractivity contribution is 4.87. The molecule has 0 aliphatic carbocycles. The Bertz CT molecular complexity index is 363. The van der Waals surface area contributed by atoms with Gasteiger partial charge in [0.1, 0.15) is 0 Å². The summed E-state index contributed by atoms with van der Waals surface area (Å²) in [6, 6.07) is 0.518. The molecular formula is C13H24N4O2. The van der Waals surface area contributed by atoms with Crippen LogP contribution >= 0.6 is 0 Å². The summed E-state index contributed by atoms with van der Waals surface area (Å²) in [7, 11) is 0. The molecule has 2 rings (SSSR count). The van der Waals surface area contributed by atoms with E-state index in [4.69, 9.17) is 9.63 Å². The van der Waals surface area contributed by atoms with Gasteiger partial charge >= 0.3 is 0 Å². The Balaban J connectivity index is 1.86. The smallest absolute Gasteiger partial charge is 0.240 e. The Labute approximate surface area is 114 Å². The van der Waals surface area contributed by atoms with Crippen LogP contribution in [0.25, 0.3) is 0 Å². The Morgan fingerprint density at radius 1 is 1.53 bits per heavy atom. The Kier molecular flexibility index (Phi) is 5.75. The highest BCUT2D eigenvalue weighted by Gasteiger charge is 2.19. The number of aryl methyl sites for hydroxylation is 1. The van der Waals surface area contributed by atoms with Crippen molar-refractivity contribution in [2.75, 3.05) is 26.2 Å². The van der Waals surface area contributed by atoms with E-state index in [0.29, 0.717) is 25.0 Å². The van der Waals surface area contributed by atoms with Crippen LogP contribution in [0.1, 0.15) is 37.9 Å². The molecule has 0 amide bonds. The molecule has 6 heteroatoms. The number of aliphatic hydroxyl groups excluding tert-OH is 1. The van der Waals surface area contributed by atoms with Crippen molar-refractivity contribution < 1.29 is 9.63 Å². The number of aliphatic hydroxyl groups is 1. The monoisotopic (exact) mass is 268 g/mol. The predicted octanol–water partition coefficient (Wildman–Crippen LogP) is 0.568. The van der Waals surface area contributed by atoms with E-state index in [2.05, 4.69) is 27.3 Å². The van der Waals surface area contributed by atoms with Crippen molar-refractivity contribution in [1.82, 2.24) is 20.4 Å². The quantitative estimate of drug-likeness (QED) is 0.718. The van der Waals surface area contributed by atoms with E-state index in [1.165, 1.54) is 12.8 Å². The summed E-state index contributed by atoms with van der Waals surface area (Å²) in [5, 5.41) is 16.6. The zero-order valence-electron chi connectivity index (χ0n) is 11.6. The first-order chi connectivity index (χ1) is 9.31. The van der Waals surface area contributed by atoms with Gasteiger partial charge in [-0.1, -0.05) is 12.1 Å². The molecule has 1 fully saturated rings. The van der Waals surface area contributed by atoms with Crippen molar-refractivity contribution in [2.45, 2.75) is 45.2 Å². The van der Waals surface area contributed by atoms with Crippen LogP contribution in [0, 0.1) is 0 Å². The van der Waals surface area contributed by atoms with Crippen LogP contribution in [0.4, 0.5) is 0 Å². The molecular weight excluding hydrogens is 244 g/mol. The highest BCUT2D eigenvalue weighted by Crippen LogP contribution is 2.10. The molecule has 1 unspecified atom stereocenters. The van der Waals surface area contributed by atoms with Gasteiger partial charge in [0, 0.05) is 25.6 Å². The minimum Gasteiger partial charge on any atom is -0.395 e. The lowest BCUT2D eigenvalue weighted by Crippen LogP contribution is -2.38. The van der Waals surface area contributed by atoms with E-state index < -0.39 is 0 Å². The first-order valence-electron chi connectivity index (χ1n) is 7.20. The summed E-state index contributed by atoms with van der Waals surface area (Å²) in [4.78, 5) is 6.55. The minimum absolute atomic E-state index is 0.155. The Hall–Kier alpha value is -0.980. The summed E-state index contributed by atoms with van der Waals surface area (Å²) in [6.07, 6.45) is 4.31. The van der Waals surface area contributed by atoms with E-state index in [0.717, 1.165) is 31.8 Å². The molecule has 0 spiro atoms. The fourth-order valence-corrected chi connectivity index (χ4v) is 2.47. The Morgan fingerprint density at radius 2 is 2.42 bits per heavy atom. The minimum atomic E-state index is 0.155. The van der Waals surface area contributed by atoms with Gasteiger partial charge in [0.25, 0.3) is 0 Å². The van der Waals surface area contributed by atoms with Crippen LogP contribution < -0.4 is 5.32 Å². The predicted molar refractivity (Wildman–Crippen MR) is 71.7 cm³/mol. The van der Waals surface area contributed by atoms with E-state index in [9.17, 15) is 0 Å². The molecule has 1 saturated heterocycles. The summed E-state index contributed by atoms with van der Waals surface area (Å²) >= 11 is 0. The third-order valence-corrected chi connectivity index (χ3v) is 3.40. The normalized spacial score (nSPS) is 19.4. The molecule has 1 atom stereocenters. The van der Waals surface area contributed by atoms with Crippen LogP contribution in [0.15, 0.2) is 4.52 Å². The van der Waals surface area contributed by atoms with Crippen LogP contribution in [0.2, 0.25) is 0 Å². The zero-order valence-corrected chi connectivity index (χ0v) is 11.6. The van der Waals surface area contributed by atoms with Gasteiger partial charge in [-0.2, -0.15) is 4.98 Å². The molecule has 2 heterocycles. The lowest BCUT2D eigenvalue weighted by atomic mass is 10.2. The van der Waals surface area contributed by atoms with Crippen molar-refractivity contribution >= 4 is 0 Å². The summed E-state index contributed by atoms with van der Waals surface area (Å²) in [6.45, 7) is 5.53. The molecule has 6 nitrogen and oxygen atoms in total. The summed E-state index contributed by atoms with van der Waals surface area (Å²) in [5.41, 5.74) is 0. The van der Waals surface area contributed by atoms with Crippen molar-refractivity contribution in [1.29, 1.82) is 0 Å². The maximum Gasteiger partial charge on any atom is 0.240 e. The molecule has 1 aromatic rings. The molecule has 1 aliphatic heterocycles. The molecule has 0 saturated carbocycles. The highest BCUT2D eigenvalue weighted by atomic mass is 16.5. The Morgan fingerprint density at radius 3 is 3.11 bits per heavy atom. The van der Waals surface area contributed by atoms with Gasteiger partial charge in [0.05, 0.1) is 13.2 Å². The number of rotatable bonds is 8. The first kappa shape index (κ1) is 14.4. The number of hydrogen-bond acceptors (Lipinski definition) is 6. The van der Waals surface area contributed by atoms with Crippen molar-refractivity contribution in [2.24, 2.45) is 0 Å². The fraction of sp³-hybridized carbons (Fsp3) is 0.846. The van der Waals surface area contributed by atoms with Gasteiger partial charge in [-0.3, -0.25) is 4.90 Å². The van der Waals surface area contributed by atoms with Gasteiger partial charge in [-0.05, 0) is 25.8 Å². The number of hydrogen-bond donors (Lipinski definition) is 2. The lowest BCUT2D eigenvalue weighted by molar-refractivity contribution is 0.163. The molecule has 0 radical (unpaired) electrons. The second kappa shape index (κ2) is 7.57. The van der Waals surface area contributed by atoms with Gasteiger partial charge in [0.2, 0.25) is 5.89 Å². The summed E-state index contributed by atoms with van der Waals surface area (Å²) in [5.74, 6) is 1.43. The molecule has 1 aliphatic rings. The first-order valence-corrected chi connectivity index (χ1v) is 7.20. The average Bonchev–Trinajstić information content (AvgIpc) is 3.02. The van der Waals surface area contributed by atoms with Crippen LogP contribution in [-0.4, -0.2) is 52.4 Å². The number of aromatic nitrogens is 2. The SMILES string of the molecule is CCCc1noc(CN(CCO)CC2CCCN2)n1. The average molecular weight is 268 g/mol. The third kappa shape index (κ3) is 4.56. The second-order valence-corrected chi connectivity index (χ2v) is 5.11. The molecule has 0 bridgehead atoms. The van der Waals surface area contributed by atoms with E-state index in [1.807, 2.05) is 0 Å². The van der Waals surface area contributed by atoms with Gasteiger partial charge in [-0.25, -0.2) is 0 Å². The maximum atomic E-state index is 9.15.